The van der Waals surface area contributed by atoms with Gasteiger partial charge in [-0.15, -0.1) is 0 Å². The van der Waals surface area contributed by atoms with Crippen molar-refractivity contribution in [3.8, 4) is 11.5 Å². The minimum absolute atomic E-state index is 0.115. The SMILES string of the molecule is CCOc1cccc(CNCCOC)c1OC1CCOC1. The van der Waals surface area contributed by atoms with E-state index in [2.05, 4.69) is 11.4 Å². The number of methoxy groups -OCH3 is 1. The fraction of sp³-hybridized carbons (Fsp3) is 0.625. The summed E-state index contributed by atoms with van der Waals surface area (Å²) in [7, 11) is 1.70. The molecule has 0 amide bonds. The van der Waals surface area contributed by atoms with Gasteiger partial charge in [0.1, 0.15) is 6.10 Å². The molecule has 1 aromatic rings. The summed E-state index contributed by atoms with van der Waals surface area (Å²) in [5, 5.41) is 3.35. The molecule has 0 spiro atoms. The standard InChI is InChI=1S/C16H25NO4/c1-3-20-15-6-4-5-13(11-17-8-10-18-2)16(15)21-14-7-9-19-12-14/h4-6,14,17H,3,7-12H2,1-2H3. The summed E-state index contributed by atoms with van der Waals surface area (Å²) in [5.74, 6) is 1.63. The van der Waals surface area contributed by atoms with E-state index in [1.54, 1.807) is 7.11 Å². The Morgan fingerprint density at radius 2 is 2.29 bits per heavy atom. The van der Waals surface area contributed by atoms with Crippen LogP contribution in [-0.2, 0) is 16.0 Å². The highest BCUT2D eigenvalue weighted by molar-refractivity contribution is 5.46. The lowest BCUT2D eigenvalue weighted by atomic mass is 10.1. The number of para-hydroxylation sites is 1. The first-order chi connectivity index (χ1) is 10.3. The topological polar surface area (TPSA) is 49.0 Å². The molecule has 1 aromatic carbocycles. The van der Waals surface area contributed by atoms with Gasteiger partial charge in [-0.05, 0) is 13.0 Å². The average molecular weight is 295 g/mol. The van der Waals surface area contributed by atoms with Gasteiger partial charge in [0, 0.05) is 32.2 Å². The third-order valence-corrected chi connectivity index (χ3v) is 3.33. The number of hydrogen-bond acceptors (Lipinski definition) is 5. The monoisotopic (exact) mass is 295 g/mol. The molecule has 1 aliphatic heterocycles. The molecule has 2 rings (SSSR count). The lowest BCUT2D eigenvalue weighted by Gasteiger charge is -2.19. The van der Waals surface area contributed by atoms with Crippen molar-refractivity contribution in [3.05, 3.63) is 23.8 Å². The van der Waals surface area contributed by atoms with Gasteiger partial charge in [0.2, 0.25) is 0 Å². The second kappa shape index (κ2) is 8.87. The molecule has 1 saturated heterocycles. The first-order valence-corrected chi connectivity index (χ1v) is 7.54. The third-order valence-electron chi connectivity index (χ3n) is 3.33. The Hall–Kier alpha value is -1.30. The third kappa shape index (κ3) is 4.88. The average Bonchev–Trinajstić information content (AvgIpc) is 3.00. The number of nitrogens with one attached hydrogen (secondary N) is 1. The van der Waals surface area contributed by atoms with Crippen molar-refractivity contribution < 1.29 is 18.9 Å². The maximum Gasteiger partial charge on any atom is 0.166 e. The summed E-state index contributed by atoms with van der Waals surface area (Å²) in [5.41, 5.74) is 1.10. The fourth-order valence-corrected chi connectivity index (χ4v) is 2.27. The zero-order valence-corrected chi connectivity index (χ0v) is 12.9. The van der Waals surface area contributed by atoms with Gasteiger partial charge in [0.05, 0.1) is 26.4 Å². The Morgan fingerprint density at radius 1 is 1.38 bits per heavy atom. The van der Waals surface area contributed by atoms with Crippen LogP contribution in [0.4, 0.5) is 0 Å². The Morgan fingerprint density at radius 3 is 3.00 bits per heavy atom. The molecule has 1 N–H and O–H groups in total. The molecule has 1 fully saturated rings. The Labute approximate surface area is 126 Å². The van der Waals surface area contributed by atoms with Gasteiger partial charge in [0.25, 0.3) is 0 Å². The Bertz CT molecular complexity index is 419. The van der Waals surface area contributed by atoms with Crippen LogP contribution in [0.1, 0.15) is 18.9 Å². The van der Waals surface area contributed by atoms with Crippen molar-refractivity contribution in [1.82, 2.24) is 5.32 Å². The highest BCUT2D eigenvalue weighted by Crippen LogP contribution is 2.33. The highest BCUT2D eigenvalue weighted by Gasteiger charge is 2.21. The van der Waals surface area contributed by atoms with Gasteiger partial charge in [-0.1, -0.05) is 12.1 Å². The predicted octanol–water partition coefficient (Wildman–Crippen LogP) is 1.99. The van der Waals surface area contributed by atoms with Crippen LogP contribution in [-0.4, -0.2) is 46.2 Å². The smallest absolute Gasteiger partial charge is 0.166 e. The minimum Gasteiger partial charge on any atom is -0.490 e. The summed E-state index contributed by atoms with van der Waals surface area (Å²) in [6.07, 6.45) is 1.04. The first kappa shape index (κ1) is 16.1. The lowest BCUT2D eigenvalue weighted by molar-refractivity contribution is 0.137. The second-order valence-corrected chi connectivity index (χ2v) is 4.95. The van der Waals surface area contributed by atoms with E-state index in [0.717, 1.165) is 43.2 Å². The van der Waals surface area contributed by atoms with E-state index in [4.69, 9.17) is 18.9 Å². The molecule has 0 saturated carbocycles. The molecule has 21 heavy (non-hydrogen) atoms. The van der Waals surface area contributed by atoms with Gasteiger partial charge in [-0.2, -0.15) is 0 Å². The molecule has 5 heteroatoms. The van der Waals surface area contributed by atoms with E-state index in [-0.39, 0.29) is 6.10 Å². The maximum absolute atomic E-state index is 6.13. The maximum atomic E-state index is 6.13. The molecule has 1 heterocycles. The van der Waals surface area contributed by atoms with Crippen LogP contribution >= 0.6 is 0 Å². The van der Waals surface area contributed by atoms with Crippen molar-refractivity contribution in [2.75, 3.05) is 40.1 Å². The summed E-state index contributed by atoms with van der Waals surface area (Å²) < 4.78 is 22.3. The van der Waals surface area contributed by atoms with Crippen molar-refractivity contribution in [2.24, 2.45) is 0 Å². The van der Waals surface area contributed by atoms with Crippen molar-refractivity contribution in [3.63, 3.8) is 0 Å². The molecule has 0 aliphatic carbocycles. The molecule has 1 unspecified atom stereocenters. The summed E-state index contributed by atoms with van der Waals surface area (Å²) in [6, 6.07) is 6.01. The van der Waals surface area contributed by atoms with Crippen molar-refractivity contribution in [1.29, 1.82) is 0 Å². The van der Waals surface area contributed by atoms with Crippen LogP contribution in [0, 0.1) is 0 Å². The van der Waals surface area contributed by atoms with Gasteiger partial charge >= 0.3 is 0 Å². The molecule has 1 aliphatic rings. The van der Waals surface area contributed by atoms with Gasteiger partial charge in [0.15, 0.2) is 11.5 Å². The Kier molecular flexibility index (Phi) is 6.79. The van der Waals surface area contributed by atoms with E-state index in [0.29, 0.717) is 19.8 Å². The molecule has 0 radical (unpaired) electrons. The van der Waals surface area contributed by atoms with E-state index >= 15 is 0 Å². The summed E-state index contributed by atoms with van der Waals surface area (Å²) >= 11 is 0. The molecule has 5 nitrogen and oxygen atoms in total. The van der Waals surface area contributed by atoms with E-state index in [1.807, 2.05) is 19.1 Å². The second-order valence-electron chi connectivity index (χ2n) is 4.95. The number of rotatable bonds is 9. The number of benzene rings is 1. The summed E-state index contributed by atoms with van der Waals surface area (Å²) in [4.78, 5) is 0. The molecular weight excluding hydrogens is 270 g/mol. The van der Waals surface area contributed by atoms with Crippen LogP contribution in [0.15, 0.2) is 18.2 Å². The van der Waals surface area contributed by atoms with Crippen molar-refractivity contribution >= 4 is 0 Å². The molecule has 118 valence electrons. The van der Waals surface area contributed by atoms with E-state index in [9.17, 15) is 0 Å². The molecular formula is C16H25NO4. The van der Waals surface area contributed by atoms with E-state index in [1.165, 1.54) is 0 Å². The zero-order chi connectivity index (χ0) is 14.9. The quantitative estimate of drug-likeness (QED) is 0.706. The molecule has 1 atom stereocenters. The van der Waals surface area contributed by atoms with Gasteiger partial charge in [-0.3, -0.25) is 0 Å². The van der Waals surface area contributed by atoms with E-state index < -0.39 is 0 Å². The van der Waals surface area contributed by atoms with Crippen molar-refractivity contribution in [2.45, 2.75) is 26.0 Å². The normalized spacial score (nSPS) is 17.9. The van der Waals surface area contributed by atoms with Crippen LogP contribution in [0.2, 0.25) is 0 Å². The van der Waals surface area contributed by atoms with Crippen LogP contribution in [0.25, 0.3) is 0 Å². The number of hydrogen-bond donors (Lipinski definition) is 1. The number of ether oxygens (including phenoxy) is 4. The lowest BCUT2D eigenvalue weighted by Crippen LogP contribution is -2.21. The minimum atomic E-state index is 0.115. The highest BCUT2D eigenvalue weighted by atomic mass is 16.6. The van der Waals surface area contributed by atoms with Gasteiger partial charge < -0.3 is 24.3 Å². The van der Waals surface area contributed by atoms with Gasteiger partial charge in [-0.25, -0.2) is 0 Å². The van der Waals surface area contributed by atoms with Crippen LogP contribution in [0.3, 0.4) is 0 Å². The zero-order valence-electron chi connectivity index (χ0n) is 12.9. The Balaban J connectivity index is 2.06. The van der Waals surface area contributed by atoms with Crippen LogP contribution in [0.5, 0.6) is 11.5 Å². The van der Waals surface area contributed by atoms with Crippen LogP contribution < -0.4 is 14.8 Å². The predicted molar refractivity (Wildman–Crippen MR) is 81.0 cm³/mol. The first-order valence-electron chi connectivity index (χ1n) is 7.54. The fourth-order valence-electron chi connectivity index (χ4n) is 2.27. The molecule has 0 aromatic heterocycles. The largest absolute Gasteiger partial charge is 0.490 e. The molecule has 0 bridgehead atoms. The summed E-state index contributed by atoms with van der Waals surface area (Å²) in [6.45, 7) is 6.25.